The molecule has 4 nitrogen and oxygen atoms in total. The zero-order valence-electron chi connectivity index (χ0n) is 14.2. The van der Waals surface area contributed by atoms with E-state index in [-0.39, 0.29) is 23.7 Å². The summed E-state index contributed by atoms with van der Waals surface area (Å²) >= 11 is 0. The molecule has 0 N–H and O–H groups in total. The number of esters is 1. The van der Waals surface area contributed by atoms with Gasteiger partial charge in [-0.05, 0) is 53.5 Å². The van der Waals surface area contributed by atoms with Crippen LogP contribution in [0.5, 0.6) is 0 Å². The van der Waals surface area contributed by atoms with Crippen molar-refractivity contribution in [3.05, 3.63) is 11.6 Å². The van der Waals surface area contributed by atoms with Gasteiger partial charge in [-0.2, -0.15) is 0 Å². The molecule has 2 rings (SSSR count). The van der Waals surface area contributed by atoms with E-state index in [2.05, 4.69) is 39.5 Å². The molecule has 0 radical (unpaired) electrons. The minimum Gasteiger partial charge on any atom is -0.463 e. The molecule has 1 aliphatic carbocycles. The molecule has 1 aliphatic heterocycles. The van der Waals surface area contributed by atoms with Gasteiger partial charge in [0.2, 0.25) is 0 Å². The molecule has 120 valence electrons. The summed E-state index contributed by atoms with van der Waals surface area (Å²) in [4.78, 5) is 14.5. The monoisotopic (exact) mass is 295 g/mol. The lowest BCUT2D eigenvalue weighted by Crippen LogP contribution is -2.33. The Morgan fingerprint density at radius 1 is 1.43 bits per heavy atom. The average Bonchev–Trinajstić information content (AvgIpc) is 3.13. The molecule has 0 aromatic carbocycles. The lowest BCUT2D eigenvalue weighted by Gasteiger charge is -2.25. The maximum atomic E-state index is 12.1. The molecule has 21 heavy (non-hydrogen) atoms. The summed E-state index contributed by atoms with van der Waals surface area (Å²) < 4.78 is 11.3. The quantitative estimate of drug-likeness (QED) is 0.577. The topological polar surface area (TPSA) is 38.5 Å². The molecule has 4 heteroatoms. The number of hydrogen-bond donors (Lipinski definition) is 0. The zero-order chi connectivity index (χ0) is 15.8. The van der Waals surface area contributed by atoms with Crippen LogP contribution in [0.1, 0.15) is 54.4 Å². The third-order valence-electron chi connectivity index (χ3n) is 4.39. The molecule has 0 spiro atoms. The molecule has 0 bridgehead atoms. The van der Waals surface area contributed by atoms with Crippen molar-refractivity contribution in [2.24, 2.45) is 0 Å². The van der Waals surface area contributed by atoms with Gasteiger partial charge < -0.3 is 9.47 Å². The van der Waals surface area contributed by atoms with E-state index in [0.717, 1.165) is 18.4 Å². The number of carbonyl (C=O) groups excluding carboxylic acids is 1. The van der Waals surface area contributed by atoms with Crippen molar-refractivity contribution >= 4 is 5.97 Å². The smallest absolute Gasteiger partial charge is 0.333 e. The molecule has 0 amide bonds. The number of nitrogens with zero attached hydrogens (tertiary/aromatic N) is 1. The predicted molar refractivity (Wildman–Crippen MR) is 83.1 cm³/mol. The van der Waals surface area contributed by atoms with Crippen molar-refractivity contribution < 1.29 is 14.3 Å². The van der Waals surface area contributed by atoms with Gasteiger partial charge in [0, 0.05) is 17.2 Å². The van der Waals surface area contributed by atoms with E-state index in [1.165, 1.54) is 0 Å². The van der Waals surface area contributed by atoms with Crippen LogP contribution in [0.4, 0.5) is 0 Å². The largest absolute Gasteiger partial charge is 0.463 e. The van der Waals surface area contributed by atoms with Crippen molar-refractivity contribution in [3.63, 3.8) is 0 Å². The van der Waals surface area contributed by atoms with Gasteiger partial charge in [-0.25, -0.2) is 4.79 Å². The van der Waals surface area contributed by atoms with Crippen molar-refractivity contribution in [2.75, 3.05) is 6.61 Å². The Labute approximate surface area is 128 Å². The summed E-state index contributed by atoms with van der Waals surface area (Å²) in [5, 5.41) is 0. The highest BCUT2D eigenvalue weighted by Gasteiger charge is 2.59. The highest BCUT2D eigenvalue weighted by Crippen LogP contribution is 2.46. The Bertz CT molecular complexity index is 424. The van der Waals surface area contributed by atoms with Crippen molar-refractivity contribution in [3.8, 4) is 0 Å². The van der Waals surface area contributed by atoms with E-state index in [1.54, 1.807) is 0 Å². The van der Waals surface area contributed by atoms with Gasteiger partial charge >= 0.3 is 5.97 Å². The number of ether oxygens (including phenoxy) is 2. The third kappa shape index (κ3) is 3.49. The van der Waals surface area contributed by atoms with E-state index < -0.39 is 0 Å². The van der Waals surface area contributed by atoms with Crippen LogP contribution in [0.2, 0.25) is 0 Å². The van der Waals surface area contributed by atoms with Gasteiger partial charge in [0.1, 0.15) is 0 Å². The molecule has 1 fully saturated rings. The van der Waals surface area contributed by atoms with Gasteiger partial charge in [-0.15, -0.1) is 0 Å². The summed E-state index contributed by atoms with van der Waals surface area (Å²) in [6.07, 6.45) is 3.96. The zero-order valence-corrected chi connectivity index (χ0v) is 14.2. The van der Waals surface area contributed by atoms with Gasteiger partial charge in [0.05, 0.1) is 24.9 Å². The molecule has 5 atom stereocenters. The fourth-order valence-corrected chi connectivity index (χ4v) is 3.29. The Kier molecular flexibility index (Phi) is 4.79. The first-order valence-corrected chi connectivity index (χ1v) is 8.11. The molecule has 2 aliphatic rings. The predicted octanol–water partition coefficient (Wildman–Crippen LogP) is 2.91. The van der Waals surface area contributed by atoms with Crippen LogP contribution in [-0.2, 0) is 14.3 Å². The number of hydrogen-bond acceptors (Lipinski definition) is 4. The Morgan fingerprint density at radius 2 is 2.10 bits per heavy atom. The minimum absolute atomic E-state index is 0.00247. The van der Waals surface area contributed by atoms with E-state index in [9.17, 15) is 4.79 Å². The van der Waals surface area contributed by atoms with E-state index in [4.69, 9.17) is 9.47 Å². The van der Waals surface area contributed by atoms with Crippen LogP contribution in [0.25, 0.3) is 0 Å². The SMILES string of the molecule is CCOC(=O)C1=C[C@@H](OC(C)CC)[C@H]2[C@@H](C1)N2C(C)(C)C. The fourth-order valence-electron chi connectivity index (χ4n) is 3.29. The summed E-state index contributed by atoms with van der Waals surface area (Å²) in [6, 6.07) is 0.806. The van der Waals surface area contributed by atoms with Gasteiger partial charge in [0.25, 0.3) is 0 Å². The van der Waals surface area contributed by atoms with Crippen LogP contribution in [-0.4, -0.2) is 47.3 Å². The Balaban J connectivity index is 2.16. The van der Waals surface area contributed by atoms with E-state index in [1.807, 2.05) is 13.0 Å². The molecule has 0 aromatic heterocycles. The second-order valence-corrected chi connectivity index (χ2v) is 7.07. The second-order valence-electron chi connectivity index (χ2n) is 7.07. The first-order valence-electron chi connectivity index (χ1n) is 8.11. The van der Waals surface area contributed by atoms with Gasteiger partial charge in [-0.1, -0.05) is 6.92 Å². The maximum Gasteiger partial charge on any atom is 0.333 e. The standard InChI is InChI=1S/C17H29NO3/c1-7-11(3)21-14-10-12(16(19)20-8-2)9-13-15(14)18(13)17(4,5)6/h10-11,13-15H,7-9H2,1-6H3/t11?,13-,14-,15-,18?/m1/s1. The second kappa shape index (κ2) is 6.09. The van der Waals surface area contributed by atoms with Crippen LogP contribution >= 0.6 is 0 Å². The molecule has 0 saturated carbocycles. The first-order chi connectivity index (χ1) is 9.79. The molecule has 1 saturated heterocycles. The van der Waals surface area contributed by atoms with Crippen LogP contribution in [0, 0.1) is 0 Å². The minimum atomic E-state index is -0.186. The fraction of sp³-hybridized carbons (Fsp3) is 0.824. The maximum absolute atomic E-state index is 12.1. The lowest BCUT2D eigenvalue weighted by atomic mass is 9.97. The molecular weight excluding hydrogens is 266 g/mol. The van der Waals surface area contributed by atoms with Crippen LogP contribution < -0.4 is 0 Å². The number of carbonyl (C=O) groups is 1. The number of rotatable bonds is 5. The summed E-state index contributed by atoms with van der Waals surface area (Å²) in [6.45, 7) is 13.1. The molecular formula is C17H29NO3. The lowest BCUT2D eigenvalue weighted by molar-refractivity contribution is -0.138. The average molecular weight is 295 g/mol. The Hall–Kier alpha value is -0.870. The third-order valence-corrected chi connectivity index (χ3v) is 4.39. The normalized spacial score (nSPS) is 33.0. The van der Waals surface area contributed by atoms with Crippen LogP contribution in [0.3, 0.4) is 0 Å². The summed E-state index contributed by atoms with van der Waals surface area (Å²) in [5.41, 5.74) is 0.878. The highest BCUT2D eigenvalue weighted by molar-refractivity contribution is 5.89. The summed E-state index contributed by atoms with van der Waals surface area (Å²) in [7, 11) is 0. The highest BCUT2D eigenvalue weighted by atomic mass is 16.5. The summed E-state index contributed by atoms with van der Waals surface area (Å²) in [5.74, 6) is -0.186. The first kappa shape index (κ1) is 16.5. The van der Waals surface area contributed by atoms with Crippen molar-refractivity contribution in [1.82, 2.24) is 4.90 Å². The molecule has 1 heterocycles. The molecule has 2 unspecified atom stereocenters. The van der Waals surface area contributed by atoms with E-state index in [0.29, 0.717) is 18.7 Å². The molecule has 0 aromatic rings. The van der Waals surface area contributed by atoms with E-state index >= 15 is 0 Å². The van der Waals surface area contributed by atoms with Gasteiger partial charge in [-0.3, -0.25) is 4.90 Å². The number of fused-ring (bicyclic) bond motifs is 1. The van der Waals surface area contributed by atoms with Crippen molar-refractivity contribution in [1.29, 1.82) is 0 Å². The van der Waals surface area contributed by atoms with Crippen LogP contribution in [0.15, 0.2) is 11.6 Å². The van der Waals surface area contributed by atoms with Gasteiger partial charge in [0.15, 0.2) is 0 Å². The Morgan fingerprint density at radius 3 is 2.62 bits per heavy atom. The van der Waals surface area contributed by atoms with Crippen molar-refractivity contribution in [2.45, 2.75) is 84.2 Å².